The van der Waals surface area contributed by atoms with Crippen LogP contribution in [0.15, 0.2) is 24.3 Å². The Morgan fingerprint density at radius 3 is 2.65 bits per heavy atom. The molecule has 3 nitrogen and oxygen atoms in total. The number of likely N-dealkylation sites (tertiary alicyclic amines) is 1. The van der Waals surface area contributed by atoms with Crippen molar-refractivity contribution >= 4 is 34.8 Å². The van der Waals surface area contributed by atoms with Crippen molar-refractivity contribution in [2.24, 2.45) is 0 Å². The van der Waals surface area contributed by atoms with E-state index in [4.69, 9.17) is 28.9 Å². The van der Waals surface area contributed by atoms with Gasteiger partial charge in [-0.2, -0.15) is 0 Å². The van der Waals surface area contributed by atoms with Gasteiger partial charge in [0.1, 0.15) is 11.0 Å². The van der Waals surface area contributed by atoms with Crippen molar-refractivity contribution in [3.05, 3.63) is 34.9 Å². The summed E-state index contributed by atoms with van der Waals surface area (Å²) in [5.41, 5.74) is 0.845. The van der Waals surface area contributed by atoms with Crippen LogP contribution in [0.5, 0.6) is 0 Å². The molecule has 5 heteroatoms. The molecule has 0 aromatic heterocycles. The maximum atomic E-state index is 11.1. The minimum Gasteiger partial charge on any atom is -0.480 e. The molecule has 1 atom stereocenters. The number of carboxylic acids is 1. The van der Waals surface area contributed by atoms with Gasteiger partial charge in [-0.1, -0.05) is 36.0 Å². The third-order valence-electron chi connectivity index (χ3n) is 2.89. The Labute approximate surface area is 110 Å². The number of halogens is 1. The molecule has 1 aromatic rings. The molecule has 0 radical (unpaired) electrons. The summed E-state index contributed by atoms with van der Waals surface area (Å²) in [5.74, 6) is -0.807. The second-order valence-electron chi connectivity index (χ2n) is 4.00. The number of hydrogen-bond acceptors (Lipinski definition) is 2. The fourth-order valence-electron chi connectivity index (χ4n) is 2.02. The number of carboxylic acid groups (broad SMARTS) is 1. The predicted molar refractivity (Wildman–Crippen MR) is 70.5 cm³/mol. The second kappa shape index (κ2) is 5.02. The smallest absolute Gasteiger partial charge is 0.326 e. The van der Waals surface area contributed by atoms with E-state index < -0.39 is 12.0 Å². The fourth-order valence-corrected chi connectivity index (χ4v) is 2.51. The monoisotopic (exact) mass is 269 g/mol. The number of benzene rings is 1. The first-order valence-corrected chi connectivity index (χ1v) is 6.17. The Kier molecular flexibility index (Phi) is 3.64. The van der Waals surface area contributed by atoms with Gasteiger partial charge < -0.3 is 10.0 Å². The second-order valence-corrected chi connectivity index (χ2v) is 4.82. The van der Waals surface area contributed by atoms with E-state index in [0.717, 1.165) is 12.0 Å². The van der Waals surface area contributed by atoms with Gasteiger partial charge in [-0.05, 0) is 25.0 Å². The van der Waals surface area contributed by atoms with Crippen LogP contribution in [-0.2, 0) is 4.79 Å². The van der Waals surface area contributed by atoms with Gasteiger partial charge in [0.05, 0.1) is 0 Å². The summed E-state index contributed by atoms with van der Waals surface area (Å²) in [4.78, 5) is 13.4. The summed E-state index contributed by atoms with van der Waals surface area (Å²) in [6.45, 7) is 0.707. The molecular formula is C12H12ClNO2S. The molecule has 1 heterocycles. The highest BCUT2D eigenvalue weighted by Gasteiger charge is 2.32. The Bertz CT molecular complexity index is 446. The molecule has 1 N–H and O–H groups in total. The summed E-state index contributed by atoms with van der Waals surface area (Å²) >= 11 is 11.1. The zero-order chi connectivity index (χ0) is 12.4. The van der Waals surface area contributed by atoms with Crippen molar-refractivity contribution in [2.45, 2.75) is 18.9 Å². The van der Waals surface area contributed by atoms with E-state index in [1.807, 2.05) is 12.1 Å². The van der Waals surface area contributed by atoms with Crippen molar-refractivity contribution in [3.8, 4) is 0 Å². The Balaban J connectivity index is 2.19. The molecule has 1 aliphatic heterocycles. The van der Waals surface area contributed by atoms with Gasteiger partial charge in [0.15, 0.2) is 0 Å². The highest BCUT2D eigenvalue weighted by Crippen LogP contribution is 2.21. The highest BCUT2D eigenvalue weighted by atomic mass is 35.5. The predicted octanol–water partition coefficient (Wildman–Crippen LogP) is 2.56. The molecule has 17 heavy (non-hydrogen) atoms. The van der Waals surface area contributed by atoms with Gasteiger partial charge in [-0.25, -0.2) is 4.79 Å². The normalized spacial score (nSPS) is 19.4. The van der Waals surface area contributed by atoms with Gasteiger partial charge in [0.2, 0.25) is 0 Å². The van der Waals surface area contributed by atoms with Crippen LogP contribution in [0.3, 0.4) is 0 Å². The van der Waals surface area contributed by atoms with E-state index in [2.05, 4.69) is 0 Å². The number of aliphatic carboxylic acids is 1. The summed E-state index contributed by atoms with van der Waals surface area (Å²) < 4.78 is 0. The van der Waals surface area contributed by atoms with E-state index in [1.54, 1.807) is 17.0 Å². The van der Waals surface area contributed by atoms with Gasteiger partial charge in [0, 0.05) is 17.1 Å². The van der Waals surface area contributed by atoms with Crippen molar-refractivity contribution in [2.75, 3.05) is 6.54 Å². The standard InChI is InChI=1S/C12H12ClNO2S/c13-9-5-3-8(4-6-9)11(17)14-7-1-2-10(14)12(15)16/h3-6,10H,1-2,7H2,(H,15,16)/t10-/m0/s1. The summed E-state index contributed by atoms with van der Waals surface area (Å²) in [6, 6.07) is 6.67. The van der Waals surface area contributed by atoms with Crippen LogP contribution in [0.25, 0.3) is 0 Å². The molecule has 1 fully saturated rings. The quantitative estimate of drug-likeness (QED) is 0.838. The first-order chi connectivity index (χ1) is 8.09. The molecule has 0 aliphatic carbocycles. The molecule has 1 aromatic carbocycles. The van der Waals surface area contributed by atoms with Crippen molar-refractivity contribution in [1.29, 1.82) is 0 Å². The average molecular weight is 270 g/mol. The number of hydrogen-bond donors (Lipinski definition) is 1. The number of carbonyl (C=O) groups is 1. The minimum atomic E-state index is -0.807. The van der Waals surface area contributed by atoms with Crippen LogP contribution in [-0.4, -0.2) is 33.6 Å². The van der Waals surface area contributed by atoms with Crippen LogP contribution in [0.1, 0.15) is 18.4 Å². The first kappa shape index (κ1) is 12.3. The molecule has 0 bridgehead atoms. The lowest BCUT2D eigenvalue weighted by atomic mass is 10.2. The van der Waals surface area contributed by atoms with Gasteiger partial charge in [-0.3, -0.25) is 0 Å². The average Bonchev–Trinajstić information content (AvgIpc) is 2.78. The largest absolute Gasteiger partial charge is 0.480 e. The van der Waals surface area contributed by atoms with Crippen molar-refractivity contribution < 1.29 is 9.90 Å². The molecule has 0 spiro atoms. The van der Waals surface area contributed by atoms with E-state index in [9.17, 15) is 4.79 Å². The van der Waals surface area contributed by atoms with Crippen LogP contribution in [0.2, 0.25) is 5.02 Å². The van der Waals surface area contributed by atoms with E-state index >= 15 is 0 Å². The van der Waals surface area contributed by atoms with Crippen molar-refractivity contribution in [3.63, 3.8) is 0 Å². The first-order valence-electron chi connectivity index (χ1n) is 5.39. The Morgan fingerprint density at radius 1 is 1.41 bits per heavy atom. The Morgan fingerprint density at radius 2 is 2.06 bits per heavy atom. The third kappa shape index (κ3) is 2.58. The highest BCUT2D eigenvalue weighted by molar-refractivity contribution is 7.80. The molecular weight excluding hydrogens is 258 g/mol. The zero-order valence-corrected chi connectivity index (χ0v) is 10.7. The van der Waals surface area contributed by atoms with Gasteiger partial charge in [0.25, 0.3) is 0 Å². The molecule has 1 saturated heterocycles. The van der Waals surface area contributed by atoms with E-state index in [-0.39, 0.29) is 0 Å². The SMILES string of the molecule is O=C(O)[C@@H]1CCCN1C(=S)c1ccc(Cl)cc1. The van der Waals surface area contributed by atoms with Crippen molar-refractivity contribution in [1.82, 2.24) is 4.90 Å². The number of thiocarbonyl (C=S) groups is 1. The lowest BCUT2D eigenvalue weighted by Gasteiger charge is -2.24. The Hall–Kier alpha value is -1.13. The maximum Gasteiger partial charge on any atom is 0.326 e. The van der Waals surface area contributed by atoms with E-state index in [1.165, 1.54) is 0 Å². The van der Waals surface area contributed by atoms with Crippen LogP contribution < -0.4 is 0 Å². The zero-order valence-electron chi connectivity index (χ0n) is 9.10. The summed E-state index contributed by atoms with van der Waals surface area (Å²) in [6.07, 6.45) is 1.52. The molecule has 2 rings (SSSR count). The third-order valence-corrected chi connectivity index (χ3v) is 3.61. The molecule has 90 valence electrons. The van der Waals surface area contributed by atoms with Crippen LogP contribution >= 0.6 is 23.8 Å². The fraction of sp³-hybridized carbons (Fsp3) is 0.333. The summed E-state index contributed by atoms with van der Waals surface area (Å²) in [5, 5.41) is 9.75. The van der Waals surface area contributed by atoms with Crippen LogP contribution in [0, 0.1) is 0 Å². The molecule has 0 unspecified atom stereocenters. The van der Waals surface area contributed by atoms with Gasteiger partial charge >= 0.3 is 5.97 Å². The minimum absolute atomic E-state index is 0.488. The number of nitrogens with zero attached hydrogens (tertiary/aromatic N) is 1. The van der Waals surface area contributed by atoms with E-state index in [0.29, 0.717) is 23.0 Å². The molecule has 1 aliphatic rings. The topological polar surface area (TPSA) is 40.5 Å². The lowest BCUT2D eigenvalue weighted by molar-refractivity contribution is -0.140. The van der Waals surface area contributed by atoms with Gasteiger partial charge in [-0.15, -0.1) is 0 Å². The number of rotatable bonds is 2. The lowest BCUT2D eigenvalue weighted by Crippen LogP contribution is -2.39. The summed E-state index contributed by atoms with van der Waals surface area (Å²) in [7, 11) is 0. The molecule has 0 amide bonds. The van der Waals surface area contributed by atoms with Crippen LogP contribution in [0.4, 0.5) is 0 Å². The maximum absolute atomic E-state index is 11.1. The molecule has 0 saturated carbocycles.